The summed E-state index contributed by atoms with van der Waals surface area (Å²) < 4.78 is 0. The lowest BCUT2D eigenvalue weighted by molar-refractivity contribution is -0.139. The molecule has 0 unspecified atom stereocenters. The fourth-order valence-electron chi connectivity index (χ4n) is 3.67. The van der Waals surface area contributed by atoms with Crippen LogP contribution in [0.3, 0.4) is 0 Å². The van der Waals surface area contributed by atoms with Crippen molar-refractivity contribution in [3.05, 3.63) is 106 Å². The van der Waals surface area contributed by atoms with E-state index in [0.717, 1.165) is 23.1 Å². The molecule has 0 heterocycles. The van der Waals surface area contributed by atoms with E-state index in [0.29, 0.717) is 35.3 Å². The van der Waals surface area contributed by atoms with Gasteiger partial charge in [0, 0.05) is 35.3 Å². The number of benzene rings is 3. The number of nitrogens with one attached hydrogen (secondary N) is 1. The first-order chi connectivity index (χ1) is 17.0. The molecule has 0 aromatic heterocycles. The molecule has 184 valence electrons. The Bertz CT molecular complexity index is 1090. The van der Waals surface area contributed by atoms with Gasteiger partial charge in [0.1, 0.15) is 6.04 Å². The number of nitrogens with zero attached hydrogens (tertiary/aromatic N) is 1. The Hall–Kier alpha value is -2.47. The van der Waals surface area contributed by atoms with Crippen molar-refractivity contribution >= 4 is 46.8 Å². The molecule has 1 N–H and O–H groups in total. The predicted molar refractivity (Wildman–Crippen MR) is 147 cm³/mol. The number of amides is 2. The minimum absolute atomic E-state index is 0.0837. The van der Waals surface area contributed by atoms with Crippen LogP contribution in [0, 0.1) is 0 Å². The number of thioether (sulfide) groups is 1. The summed E-state index contributed by atoms with van der Waals surface area (Å²) in [6.07, 6.45) is 1.26. The second kappa shape index (κ2) is 14.2. The SMILES string of the molecule is CCCNC(=O)[C@@H](Cc1ccccc1)N(Cc1ccc(Cl)cc1)C(=O)CSCc1cccc(Cl)c1. The van der Waals surface area contributed by atoms with E-state index in [2.05, 4.69) is 5.32 Å². The maximum Gasteiger partial charge on any atom is 0.243 e. The molecule has 0 aliphatic heterocycles. The summed E-state index contributed by atoms with van der Waals surface area (Å²) >= 11 is 13.7. The lowest BCUT2D eigenvalue weighted by Gasteiger charge is -2.31. The number of hydrogen-bond acceptors (Lipinski definition) is 3. The largest absolute Gasteiger partial charge is 0.354 e. The minimum Gasteiger partial charge on any atom is -0.354 e. The summed E-state index contributed by atoms with van der Waals surface area (Å²) in [5.74, 6) is 0.691. The number of carbonyl (C=O) groups is 2. The smallest absolute Gasteiger partial charge is 0.243 e. The van der Waals surface area contributed by atoms with Gasteiger partial charge in [0.15, 0.2) is 0 Å². The highest BCUT2D eigenvalue weighted by atomic mass is 35.5. The third kappa shape index (κ3) is 8.92. The van der Waals surface area contributed by atoms with E-state index in [1.165, 1.54) is 11.8 Å². The summed E-state index contributed by atoms with van der Waals surface area (Å²) in [7, 11) is 0. The van der Waals surface area contributed by atoms with Crippen molar-refractivity contribution in [3.63, 3.8) is 0 Å². The van der Waals surface area contributed by atoms with Gasteiger partial charge in [0.05, 0.1) is 5.75 Å². The van der Waals surface area contributed by atoms with Crippen LogP contribution in [0.15, 0.2) is 78.9 Å². The van der Waals surface area contributed by atoms with Gasteiger partial charge in [0.2, 0.25) is 11.8 Å². The molecule has 0 aliphatic rings. The van der Waals surface area contributed by atoms with Gasteiger partial charge in [-0.25, -0.2) is 0 Å². The van der Waals surface area contributed by atoms with E-state index in [1.807, 2.05) is 73.7 Å². The molecule has 2 amide bonds. The average molecular weight is 530 g/mol. The molecule has 3 aromatic rings. The molecule has 0 bridgehead atoms. The van der Waals surface area contributed by atoms with Crippen LogP contribution >= 0.6 is 35.0 Å². The molecule has 35 heavy (non-hydrogen) atoms. The van der Waals surface area contributed by atoms with E-state index in [9.17, 15) is 9.59 Å². The van der Waals surface area contributed by atoms with Gasteiger partial charge in [-0.15, -0.1) is 11.8 Å². The molecule has 0 fully saturated rings. The van der Waals surface area contributed by atoms with Crippen LogP contribution in [-0.2, 0) is 28.3 Å². The Balaban J connectivity index is 1.82. The van der Waals surface area contributed by atoms with Gasteiger partial charge in [-0.1, -0.05) is 84.7 Å². The number of rotatable bonds is 12. The molecular formula is C28H30Cl2N2O2S. The van der Waals surface area contributed by atoms with Crippen LogP contribution in [-0.4, -0.2) is 35.1 Å². The molecule has 0 spiro atoms. The van der Waals surface area contributed by atoms with Crippen LogP contribution < -0.4 is 5.32 Å². The third-order valence-electron chi connectivity index (χ3n) is 5.47. The van der Waals surface area contributed by atoms with E-state index in [1.54, 1.807) is 17.0 Å². The second-order valence-electron chi connectivity index (χ2n) is 8.27. The Morgan fingerprint density at radius 3 is 2.29 bits per heavy atom. The number of carbonyl (C=O) groups excluding carboxylic acids is 2. The number of halogens is 2. The lowest BCUT2D eigenvalue weighted by atomic mass is 10.0. The fourth-order valence-corrected chi connectivity index (χ4v) is 4.87. The molecule has 0 saturated heterocycles. The highest BCUT2D eigenvalue weighted by molar-refractivity contribution is 7.99. The van der Waals surface area contributed by atoms with Crippen molar-refractivity contribution in [1.29, 1.82) is 0 Å². The van der Waals surface area contributed by atoms with E-state index in [-0.39, 0.29) is 17.6 Å². The van der Waals surface area contributed by atoms with Crippen molar-refractivity contribution in [2.75, 3.05) is 12.3 Å². The van der Waals surface area contributed by atoms with Gasteiger partial charge in [0.25, 0.3) is 0 Å². The van der Waals surface area contributed by atoms with Crippen molar-refractivity contribution in [2.24, 2.45) is 0 Å². The van der Waals surface area contributed by atoms with E-state index in [4.69, 9.17) is 23.2 Å². The zero-order chi connectivity index (χ0) is 25.0. The Kier molecular flexibility index (Phi) is 11.0. The second-order valence-corrected chi connectivity index (χ2v) is 10.1. The highest BCUT2D eigenvalue weighted by Gasteiger charge is 2.30. The van der Waals surface area contributed by atoms with Crippen LogP contribution in [0.25, 0.3) is 0 Å². The van der Waals surface area contributed by atoms with Gasteiger partial charge >= 0.3 is 0 Å². The lowest BCUT2D eigenvalue weighted by Crippen LogP contribution is -2.51. The molecular weight excluding hydrogens is 499 g/mol. The topological polar surface area (TPSA) is 49.4 Å². The Labute approximate surface area is 222 Å². The zero-order valence-corrected chi connectivity index (χ0v) is 22.1. The molecule has 4 nitrogen and oxygen atoms in total. The summed E-state index contributed by atoms with van der Waals surface area (Å²) in [6.45, 7) is 2.90. The maximum atomic E-state index is 13.6. The van der Waals surface area contributed by atoms with Crippen molar-refractivity contribution in [3.8, 4) is 0 Å². The molecule has 3 rings (SSSR count). The summed E-state index contributed by atoms with van der Waals surface area (Å²) in [6, 6.07) is 24.2. The first-order valence-electron chi connectivity index (χ1n) is 11.6. The Morgan fingerprint density at radius 1 is 0.886 bits per heavy atom. The van der Waals surface area contributed by atoms with Gasteiger partial charge in [-0.2, -0.15) is 0 Å². The fraction of sp³-hybridized carbons (Fsp3) is 0.286. The summed E-state index contributed by atoms with van der Waals surface area (Å²) in [5.41, 5.74) is 2.98. The van der Waals surface area contributed by atoms with Gasteiger partial charge in [-0.3, -0.25) is 9.59 Å². The van der Waals surface area contributed by atoms with Gasteiger partial charge < -0.3 is 10.2 Å². The van der Waals surface area contributed by atoms with Crippen LogP contribution in [0.5, 0.6) is 0 Å². The molecule has 3 aromatic carbocycles. The first-order valence-corrected chi connectivity index (χ1v) is 13.5. The molecule has 0 aliphatic carbocycles. The standard InChI is InChI=1S/C28H30Cl2N2O2S/c1-2-15-31-28(34)26(17-21-7-4-3-5-8-21)32(18-22-11-13-24(29)14-12-22)27(33)20-35-19-23-9-6-10-25(30)16-23/h3-14,16,26H,2,15,17-20H2,1H3,(H,31,34)/t26-/m1/s1. The van der Waals surface area contributed by atoms with Crippen molar-refractivity contribution in [2.45, 2.75) is 38.1 Å². The normalized spacial score (nSPS) is 11.6. The van der Waals surface area contributed by atoms with Crippen molar-refractivity contribution in [1.82, 2.24) is 10.2 Å². The molecule has 1 atom stereocenters. The first kappa shape index (κ1) is 27.1. The third-order valence-corrected chi connectivity index (χ3v) is 6.95. The number of hydrogen-bond donors (Lipinski definition) is 1. The maximum absolute atomic E-state index is 13.6. The van der Waals surface area contributed by atoms with Crippen LogP contribution in [0.4, 0.5) is 0 Å². The summed E-state index contributed by atoms with van der Waals surface area (Å²) in [4.78, 5) is 28.5. The van der Waals surface area contributed by atoms with Crippen LogP contribution in [0.2, 0.25) is 10.0 Å². The zero-order valence-electron chi connectivity index (χ0n) is 19.8. The predicted octanol–water partition coefficient (Wildman–Crippen LogP) is 6.39. The monoisotopic (exact) mass is 528 g/mol. The molecule has 0 radical (unpaired) electrons. The highest BCUT2D eigenvalue weighted by Crippen LogP contribution is 2.20. The van der Waals surface area contributed by atoms with Crippen molar-refractivity contribution < 1.29 is 9.59 Å². The van der Waals surface area contributed by atoms with E-state index < -0.39 is 6.04 Å². The molecule has 0 saturated carbocycles. The minimum atomic E-state index is -0.626. The van der Waals surface area contributed by atoms with Crippen LogP contribution in [0.1, 0.15) is 30.0 Å². The molecule has 7 heteroatoms. The quantitative estimate of drug-likeness (QED) is 0.296. The Morgan fingerprint density at radius 2 is 1.60 bits per heavy atom. The van der Waals surface area contributed by atoms with E-state index >= 15 is 0 Å². The average Bonchev–Trinajstić information content (AvgIpc) is 2.86. The van der Waals surface area contributed by atoms with Gasteiger partial charge in [-0.05, 0) is 47.4 Å². The summed E-state index contributed by atoms with van der Waals surface area (Å²) in [5, 5.41) is 4.30.